The predicted octanol–water partition coefficient (Wildman–Crippen LogP) is 4.19. The Bertz CT molecular complexity index is 608. The van der Waals surface area contributed by atoms with E-state index in [1.807, 2.05) is 0 Å². The van der Waals surface area contributed by atoms with Crippen molar-refractivity contribution in [3.63, 3.8) is 0 Å². The Kier molecular flexibility index (Phi) is 4.03. The van der Waals surface area contributed by atoms with Crippen LogP contribution in [0.3, 0.4) is 0 Å². The van der Waals surface area contributed by atoms with E-state index in [2.05, 4.69) is 55.0 Å². The fourth-order valence-electron chi connectivity index (χ4n) is 3.62. The Labute approximate surface area is 127 Å². The van der Waals surface area contributed by atoms with Crippen molar-refractivity contribution in [3.05, 3.63) is 30.1 Å². The average Bonchev–Trinajstić information content (AvgIpc) is 2.84. The lowest BCUT2D eigenvalue weighted by Gasteiger charge is -2.34. The van der Waals surface area contributed by atoms with E-state index in [1.54, 1.807) is 0 Å². The van der Waals surface area contributed by atoms with Crippen LogP contribution in [0.2, 0.25) is 0 Å². The molecule has 0 amide bonds. The first kappa shape index (κ1) is 14.6. The third-order valence-corrected chi connectivity index (χ3v) is 5.10. The van der Waals surface area contributed by atoms with Gasteiger partial charge in [0.2, 0.25) is 0 Å². The molecule has 0 bridgehead atoms. The molecule has 1 fully saturated rings. The fraction of sp³-hybridized carbons (Fsp3) is 0.611. The number of aromatic nitrogens is 2. The van der Waals surface area contributed by atoms with Crippen LogP contribution in [-0.2, 0) is 7.05 Å². The predicted molar refractivity (Wildman–Crippen MR) is 88.3 cm³/mol. The average molecular weight is 285 g/mol. The first-order valence-corrected chi connectivity index (χ1v) is 8.24. The van der Waals surface area contributed by atoms with Gasteiger partial charge in [-0.25, -0.2) is 4.98 Å². The lowest BCUT2D eigenvalue weighted by molar-refractivity contribution is 0.201. The number of rotatable bonds is 4. The molecule has 0 radical (unpaired) electrons. The molecule has 1 N–H and O–H groups in total. The Hall–Kier alpha value is -1.35. The van der Waals surface area contributed by atoms with Gasteiger partial charge in [0, 0.05) is 13.6 Å². The van der Waals surface area contributed by atoms with Gasteiger partial charge in [-0.1, -0.05) is 38.3 Å². The van der Waals surface area contributed by atoms with E-state index in [4.69, 9.17) is 4.98 Å². The maximum absolute atomic E-state index is 4.80. The molecule has 2 aromatic rings. The van der Waals surface area contributed by atoms with Gasteiger partial charge in [0.15, 0.2) is 0 Å². The standard InChI is InChI=1S/C18H27N3/c1-14(19-13-18(2)11-7-4-8-12-18)17-20-15-9-5-6-10-16(15)21(17)3/h5-6,9-10,14,19H,4,7-8,11-13H2,1-3H3. The number of benzene rings is 1. The Morgan fingerprint density at radius 3 is 2.67 bits per heavy atom. The minimum atomic E-state index is 0.293. The van der Waals surface area contributed by atoms with Crippen LogP contribution < -0.4 is 5.32 Å². The second-order valence-electron chi connectivity index (χ2n) is 6.99. The second-order valence-corrected chi connectivity index (χ2v) is 6.99. The highest BCUT2D eigenvalue weighted by molar-refractivity contribution is 5.75. The molecule has 1 heterocycles. The van der Waals surface area contributed by atoms with E-state index in [0.29, 0.717) is 11.5 Å². The molecule has 1 saturated carbocycles. The van der Waals surface area contributed by atoms with Crippen molar-refractivity contribution in [2.75, 3.05) is 6.54 Å². The molecular formula is C18H27N3. The molecule has 0 saturated heterocycles. The van der Waals surface area contributed by atoms with E-state index in [9.17, 15) is 0 Å². The van der Waals surface area contributed by atoms with Crippen molar-refractivity contribution < 1.29 is 0 Å². The molecule has 1 atom stereocenters. The van der Waals surface area contributed by atoms with Crippen LogP contribution in [0, 0.1) is 5.41 Å². The summed E-state index contributed by atoms with van der Waals surface area (Å²) in [5, 5.41) is 3.73. The summed E-state index contributed by atoms with van der Waals surface area (Å²) >= 11 is 0. The maximum Gasteiger partial charge on any atom is 0.126 e. The second kappa shape index (κ2) is 5.80. The number of hydrogen-bond donors (Lipinski definition) is 1. The zero-order chi connectivity index (χ0) is 14.9. The van der Waals surface area contributed by atoms with E-state index < -0.39 is 0 Å². The van der Waals surface area contributed by atoms with Crippen molar-refractivity contribution in [2.24, 2.45) is 12.5 Å². The zero-order valence-electron chi connectivity index (χ0n) is 13.5. The third-order valence-electron chi connectivity index (χ3n) is 5.10. The molecule has 1 aromatic heterocycles. The van der Waals surface area contributed by atoms with E-state index in [-0.39, 0.29) is 0 Å². The van der Waals surface area contributed by atoms with Gasteiger partial charge in [-0.3, -0.25) is 0 Å². The zero-order valence-corrected chi connectivity index (χ0v) is 13.5. The van der Waals surface area contributed by atoms with E-state index in [0.717, 1.165) is 17.9 Å². The van der Waals surface area contributed by atoms with E-state index in [1.165, 1.54) is 37.6 Å². The smallest absolute Gasteiger partial charge is 0.126 e. The Morgan fingerprint density at radius 1 is 1.24 bits per heavy atom. The van der Waals surface area contributed by atoms with Gasteiger partial charge in [-0.05, 0) is 37.3 Å². The Balaban J connectivity index is 1.72. The molecule has 1 aliphatic carbocycles. The topological polar surface area (TPSA) is 29.9 Å². The molecule has 114 valence electrons. The quantitative estimate of drug-likeness (QED) is 0.912. The molecule has 0 aliphatic heterocycles. The highest BCUT2D eigenvalue weighted by atomic mass is 15.1. The van der Waals surface area contributed by atoms with Gasteiger partial charge in [-0.15, -0.1) is 0 Å². The number of nitrogens with zero attached hydrogens (tertiary/aromatic N) is 2. The van der Waals surface area contributed by atoms with Gasteiger partial charge in [0.05, 0.1) is 17.1 Å². The largest absolute Gasteiger partial charge is 0.330 e. The summed E-state index contributed by atoms with van der Waals surface area (Å²) in [7, 11) is 2.12. The molecule has 0 spiro atoms. The van der Waals surface area contributed by atoms with Gasteiger partial charge >= 0.3 is 0 Å². The SMILES string of the molecule is CC(NCC1(C)CCCCC1)c1nc2ccccc2n1C. The number of aryl methyl sites for hydroxylation is 1. The lowest BCUT2D eigenvalue weighted by atomic mass is 9.75. The van der Waals surface area contributed by atoms with Crippen LogP contribution in [-0.4, -0.2) is 16.1 Å². The normalized spacial score (nSPS) is 19.8. The summed E-state index contributed by atoms with van der Waals surface area (Å²) < 4.78 is 2.22. The van der Waals surface area contributed by atoms with Crippen LogP contribution in [0.1, 0.15) is 57.8 Å². The van der Waals surface area contributed by atoms with Gasteiger partial charge in [-0.2, -0.15) is 0 Å². The molecule has 3 heteroatoms. The lowest BCUT2D eigenvalue weighted by Crippen LogP contribution is -2.35. The van der Waals surface area contributed by atoms with Crippen molar-refractivity contribution in [1.82, 2.24) is 14.9 Å². The molecule has 1 aromatic carbocycles. The van der Waals surface area contributed by atoms with Crippen LogP contribution in [0.4, 0.5) is 0 Å². The summed E-state index contributed by atoms with van der Waals surface area (Å²) in [6.07, 6.45) is 6.90. The Morgan fingerprint density at radius 2 is 1.95 bits per heavy atom. The summed E-state index contributed by atoms with van der Waals surface area (Å²) in [4.78, 5) is 4.80. The first-order chi connectivity index (χ1) is 10.1. The number of fused-ring (bicyclic) bond motifs is 1. The number of para-hydroxylation sites is 2. The summed E-state index contributed by atoms with van der Waals surface area (Å²) in [6, 6.07) is 8.66. The summed E-state index contributed by atoms with van der Waals surface area (Å²) in [5.41, 5.74) is 2.77. The maximum atomic E-state index is 4.80. The first-order valence-electron chi connectivity index (χ1n) is 8.24. The summed E-state index contributed by atoms with van der Waals surface area (Å²) in [6.45, 7) is 5.76. The monoisotopic (exact) mass is 285 g/mol. The minimum absolute atomic E-state index is 0.293. The number of hydrogen-bond acceptors (Lipinski definition) is 2. The van der Waals surface area contributed by atoms with E-state index >= 15 is 0 Å². The van der Waals surface area contributed by atoms with Gasteiger partial charge in [0.25, 0.3) is 0 Å². The molecule has 1 aliphatic rings. The van der Waals surface area contributed by atoms with Gasteiger partial charge in [0.1, 0.15) is 5.82 Å². The van der Waals surface area contributed by atoms with Crippen molar-refractivity contribution in [3.8, 4) is 0 Å². The molecular weight excluding hydrogens is 258 g/mol. The fourth-order valence-corrected chi connectivity index (χ4v) is 3.62. The van der Waals surface area contributed by atoms with Crippen LogP contribution in [0.25, 0.3) is 11.0 Å². The molecule has 3 nitrogen and oxygen atoms in total. The number of nitrogens with one attached hydrogen (secondary N) is 1. The molecule has 1 unspecified atom stereocenters. The van der Waals surface area contributed by atoms with Crippen molar-refractivity contribution in [2.45, 2.75) is 52.0 Å². The van der Waals surface area contributed by atoms with Crippen LogP contribution in [0.5, 0.6) is 0 Å². The highest BCUT2D eigenvalue weighted by Crippen LogP contribution is 2.35. The third kappa shape index (κ3) is 2.98. The molecule has 21 heavy (non-hydrogen) atoms. The van der Waals surface area contributed by atoms with Crippen LogP contribution >= 0.6 is 0 Å². The van der Waals surface area contributed by atoms with Crippen LogP contribution in [0.15, 0.2) is 24.3 Å². The number of imidazole rings is 1. The van der Waals surface area contributed by atoms with Crippen molar-refractivity contribution in [1.29, 1.82) is 0 Å². The minimum Gasteiger partial charge on any atom is -0.330 e. The van der Waals surface area contributed by atoms with Crippen molar-refractivity contribution >= 4 is 11.0 Å². The van der Waals surface area contributed by atoms with Gasteiger partial charge < -0.3 is 9.88 Å². The molecule has 3 rings (SSSR count). The summed E-state index contributed by atoms with van der Waals surface area (Å²) in [5.74, 6) is 1.13. The highest BCUT2D eigenvalue weighted by Gasteiger charge is 2.27.